The monoisotopic (exact) mass is 268 g/mol. The maximum atomic E-state index is 11.7. The molecule has 1 aliphatic heterocycles. The summed E-state index contributed by atoms with van der Waals surface area (Å²) in [6, 6.07) is 14.1. The van der Waals surface area contributed by atoms with Crippen LogP contribution in [0.4, 0.5) is 5.69 Å². The average molecular weight is 268 g/mol. The molecule has 4 nitrogen and oxygen atoms in total. The van der Waals surface area contributed by atoms with Crippen molar-refractivity contribution in [2.45, 2.75) is 19.4 Å². The van der Waals surface area contributed by atoms with E-state index in [1.54, 1.807) is 11.5 Å². The van der Waals surface area contributed by atoms with Gasteiger partial charge in [0.05, 0.1) is 17.3 Å². The van der Waals surface area contributed by atoms with Crippen LogP contribution in [0.25, 0.3) is 0 Å². The summed E-state index contributed by atoms with van der Waals surface area (Å²) >= 11 is 0. The Bertz CT molecular complexity index is 650. The Balaban J connectivity index is 1.92. The molecule has 0 spiro atoms. The summed E-state index contributed by atoms with van der Waals surface area (Å²) < 4.78 is 0. The summed E-state index contributed by atoms with van der Waals surface area (Å²) in [5, 5.41) is 12.2. The van der Waals surface area contributed by atoms with Crippen LogP contribution in [0.3, 0.4) is 0 Å². The summed E-state index contributed by atoms with van der Waals surface area (Å²) in [5.41, 5.74) is 6.49. The number of para-hydroxylation sites is 1. The number of benzene rings is 2. The minimum Gasteiger partial charge on any atom is -0.377 e. The number of anilines is 1. The van der Waals surface area contributed by atoms with E-state index in [2.05, 4.69) is 36.5 Å². The first-order valence-corrected chi connectivity index (χ1v) is 6.58. The van der Waals surface area contributed by atoms with E-state index in [-0.39, 0.29) is 6.04 Å². The molecule has 0 saturated heterocycles. The van der Waals surface area contributed by atoms with E-state index in [0.29, 0.717) is 5.56 Å². The van der Waals surface area contributed by atoms with Crippen LogP contribution >= 0.6 is 0 Å². The molecule has 2 aromatic rings. The highest BCUT2D eigenvalue weighted by atomic mass is 16.5. The van der Waals surface area contributed by atoms with Gasteiger partial charge in [0.25, 0.3) is 5.91 Å². The van der Waals surface area contributed by atoms with Crippen molar-refractivity contribution in [2.24, 2.45) is 0 Å². The molecule has 1 amide bonds. The third-order valence-corrected chi connectivity index (χ3v) is 3.72. The minimum atomic E-state index is -0.487. The minimum absolute atomic E-state index is 0.165. The molecule has 0 aromatic heterocycles. The predicted molar refractivity (Wildman–Crippen MR) is 76.9 cm³/mol. The van der Waals surface area contributed by atoms with E-state index in [9.17, 15) is 4.79 Å². The van der Waals surface area contributed by atoms with Crippen molar-refractivity contribution in [3.63, 3.8) is 0 Å². The number of carbonyl (C=O) groups excluding carboxylic acids is 1. The lowest BCUT2D eigenvalue weighted by Crippen LogP contribution is -2.20. The summed E-state index contributed by atoms with van der Waals surface area (Å²) in [4.78, 5) is 11.7. The number of rotatable bonds is 2. The first-order chi connectivity index (χ1) is 9.69. The highest BCUT2D eigenvalue weighted by molar-refractivity contribution is 6.00. The van der Waals surface area contributed by atoms with Gasteiger partial charge in [0.1, 0.15) is 0 Å². The Morgan fingerprint density at radius 3 is 2.70 bits per heavy atom. The Hall–Kier alpha value is -2.33. The number of hydroxylamine groups is 1. The molecule has 1 aliphatic rings. The summed E-state index contributed by atoms with van der Waals surface area (Å²) in [6.07, 6.45) is 0.838. The third-order valence-electron chi connectivity index (χ3n) is 3.72. The normalized spacial score (nSPS) is 16.4. The van der Waals surface area contributed by atoms with Gasteiger partial charge in [0.15, 0.2) is 0 Å². The Morgan fingerprint density at radius 1 is 1.25 bits per heavy atom. The van der Waals surface area contributed by atoms with Crippen molar-refractivity contribution in [3.8, 4) is 0 Å². The molecule has 3 N–H and O–H groups in total. The zero-order valence-corrected chi connectivity index (χ0v) is 11.2. The van der Waals surface area contributed by atoms with Crippen molar-refractivity contribution in [1.29, 1.82) is 0 Å². The first-order valence-electron chi connectivity index (χ1n) is 6.58. The summed E-state index contributed by atoms with van der Waals surface area (Å²) in [6.45, 7) is 2.06. The molecule has 1 atom stereocenters. The standard InChI is InChI=1S/C16H16N2O2/c1-10-5-7-11(8-6-10)14-9-12-3-2-4-13(15(12)17-14)16(19)18-20/h2-8,14,17,20H,9H2,1H3,(H,18,19)/t14-/m0/s1. The van der Waals surface area contributed by atoms with Crippen molar-refractivity contribution >= 4 is 11.6 Å². The van der Waals surface area contributed by atoms with Gasteiger partial charge in [-0.25, -0.2) is 5.48 Å². The van der Waals surface area contributed by atoms with Gasteiger partial charge in [-0.2, -0.15) is 0 Å². The fourth-order valence-corrected chi connectivity index (χ4v) is 2.64. The fourth-order valence-electron chi connectivity index (χ4n) is 2.64. The van der Waals surface area contributed by atoms with Crippen molar-refractivity contribution in [3.05, 3.63) is 64.7 Å². The number of hydrogen-bond donors (Lipinski definition) is 3. The topological polar surface area (TPSA) is 61.4 Å². The van der Waals surface area contributed by atoms with Crippen LogP contribution in [0.15, 0.2) is 42.5 Å². The van der Waals surface area contributed by atoms with E-state index in [1.807, 2.05) is 12.1 Å². The molecule has 3 rings (SSSR count). The molecule has 0 bridgehead atoms. The number of nitrogens with one attached hydrogen (secondary N) is 2. The van der Waals surface area contributed by atoms with Crippen LogP contribution in [0, 0.1) is 6.92 Å². The lowest BCUT2D eigenvalue weighted by molar-refractivity contribution is 0.0707. The number of carbonyl (C=O) groups is 1. The second kappa shape index (κ2) is 4.98. The smallest absolute Gasteiger partial charge is 0.276 e. The third kappa shape index (κ3) is 2.14. The highest BCUT2D eigenvalue weighted by Gasteiger charge is 2.25. The van der Waals surface area contributed by atoms with Gasteiger partial charge in [-0.3, -0.25) is 10.0 Å². The first kappa shape index (κ1) is 12.7. The molecule has 0 radical (unpaired) electrons. The van der Waals surface area contributed by atoms with Gasteiger partial charge < -0.3 is 5.32 Å². The van der Waals surface area contributed by atoms with Crippen LogP contribution < -0.4 is 10.8 Å². The van der Waals surface area contributed by atoms with Gasteiger partial charge in [-0.05, 0) is 30.5 Å². The van der Waals surface area contributed by atoms with Crippen LogP contribution in [0.1, 0.15) is 33.1 Å². The maximum absolute atomic E-state index is 11.7. The maximum Gasteiger partial charge on any atom is 0.276 e. The van der Waals surface area contributed by atoms with E-state index in [0.717, 1.165) is 17.7 Å². The Morgan fingerprint density at radius 2 is 2.00 bits per heavy atom. The molecule has 2 aromatic carbocycles. The molecule has 4 heteroatoms. The zero-order valence-electron chi connectivity index (χ0n) is 11.2. The molecule has 0 saturated carbocycles. The fraction of sp³-hybridized carbons (Fsp3) is 0.188. The van der Waals surface area contributed by atoms with E-state index in [1.165, 1.54) is 11.1 Å². The number of fused-ring (bicyclic) bond motifs is 1. The molecule has 0 unspecified atom stereocenters. The molecule has 102 valence electrons. The van der Waals surface area contributed by atoms with Gasteiger partial charge in [-0.15, -0.1) is 0 Å². The van der Waals surface area contributed by atoms with Crippen molar-refractivity contribution < 1.29 is 10.0 Å². The molecule has 0 aliphatic carbocycles. The van der Waals surface area contributed by atoms with Gasteiger partial charge >= 0.3 is 0 Å². The molecular weight excluding hydrogens is 252 g/mol. The van der Waals surface area contributed by atoms with Crippen LogP contribution in [-0.4, -0.2) is 11.1 Å². The van der Waals surface area contributed by atoms with Crippen molar-refractivity contribution in [2.75, 3.05) is 5.32 Å². The Kier molecular flexibility index (Phi) is 3.16. The largest absolute Gasteiger partial charge is 0.377 e. The quantitative estimate of drug-likeness (QED) is 0.580. The summed E-state index contributed by atoms with van der Waals surface area (Å²) in [7, 11) is 0. The van der Waals surface area contributed by atoms with Crippen LogP contribution in [0.2, 0.25) is 0 Å². The number of aryl methyl sites for hydroxylation is 1. The highest BCUT2D eigenvalue weighted by Crippen LogP contribution is 2.36. The van der Waals surface area contributed by atoms with Gasteiger partial charge in [0.2, 0.25) is 0 Å². The van der Waals surface area contributed by atoms with E-state index < -0.39 is 5.91 Å². The van der Waals surface area contributed by atoms with E-state index >= 15 is 0 Å². The second-order valence-electron chi connectivity index (χ2n) is 5.09. The zero-order chi connectivity index (χ0) is 14.1. The van der Waals surface area contributed by atoms with Crippen LogP contribution in [-0.2, 0) is 6.42 Å². The lowest BCUT2D eigenvalue weighted by Gasteiger charge is -2.13. The Labute approximate surface area is 117 Å². The van der Waals surface area contributed by atoms with Gasteiger partial charge in [0, 0.05) is 0 Å². The number of hydrogen-bond acceptors (Lipinski definition) is 3. The van der Waals surface area contributed by atoms with Crippen molar-refractivity contribution in [1.82, 2.24) is 5.48 Å². The van der Waals surface area contributed by atoms with E-state index in [4.69, 9.17) is 5.21 Å². The molecule has 1 heterocycles. The molecular formula is C16H16N2O2. The predicted octanol–water partition coefficient (Wildman–Crippen LogP) is 2.82. The average Bonchev–Trinajstić information content (AvgIpc) is 2.91. The summed E-state index contributed by atoms with van der Waals surface area (Å²) in [5.74, 6) is -0.487. The second-order valence-corrected chi connectivity index (χ2v) is 5.09. The molecule has 0 fully saturated rings. The van der Waals surface area contributed by atoms with Gasteiger partial charge in [-0.1, -0.05) is 42.0 Å². The molecule has 20 heavy (non-hydrogen) atoms. The number of amides is 1. The lowest BCUT2D eigenvalue weighted by atomic mass is 10.0. The van der Waals surface area contributed by atoms with Crippen LogP contribution in [0.5, 0.6) is 0 Å². The SMILES string of the molecule is Cc1ccc([C@@H]2Cc3cccc(C(=O)NO)c3N2)cc1.